The third-order valence-electron chi connectivity index (χ3n) is 8.90. The zero-order chi connectivity index (χ0) is 36.6. The van der Waals surface area contributed by atoms with Crippen molar-refractivity contribution in [2.75, 3.05) is 29.1 Å². The van der Waals surface area contributed by atoms with Gasteiger partial charge in [-0.1, -0.05) is 18.7 Å². The topological polar surface area (TPSA) is 130 Å². The first-order valence-corrected chi connectivity index (χ1v) is 18.6. The lowest BCUT2D eigenvalue weighted by Crippen LogP contribution is -2.70. The van der Waals surface area contributed by atoms with Gasteiger partial charge in [0.25, 0.3) is 0 Å². The number of benzene rings is 2. The van der Waals surface area contributed by atoms with Crippen LogP contribution in [0.4, 0.5) is 29.2 Å². The maximum atomic E-state index is 17.4. The van der Waals surface area contributed by atoms with Crippen LogP contribution in [0.25, 0.3) is 32.1 Å². The van der Waals surface area contributed by atoms with E-state index < -0.39 is 28.9 Å². The van der Waals surface area contributed by atoms with Gasteiger partial charge in [-0.05, 0) is 77.0 Å². The average Bonchev–Trinajstić information content (AvgIpc) is 3.65. The molecule has 0 saturated carbocycles. The number of thiophene rings is 1. The van der Waals surface area contributed by atoms with Gasteiger partial charge in [0.2, 0.25) is 0 Å². The van der Waals surface area contributed by atoms with E-state index in [-0.39, 0.29) is 64.0 Å². The van der Waals surface area contributed by atoms with Crippen LogP contribution in [0.5, 0.6) is 0 Å². The van der Waals surface area contributed by atoms with E-state index in [9.17, 15) is 14.9 Å². The molecule has 51 heavy (non-hydrogen) atoms. The van der Waals surface area contributed by atoms with Gasteiger partial charge in [0.05, 0.1) is 36.2 Å². The number of anilines is 2. The molecule has 3 aliphatic heterocycles. The third-order valence-corrected chi connectivity index (χ3v) is 10.7. The second-order valence-corrected chi connectivity index (χ2v) is 17.1. The standard InChI is InChI=1S/C36H38F2N6O5S2/c1-8-50-32-40-29-26(30(41-32)44-17-11-18(44)14-43(13-17)34(46)49-36(5,6)7)21-16-47-15-20(21)25(28(29)38)27-22(37)9-10-23-24(27)19(12-39)31(51-23)42-33(45)48-35(2,3)4/h9-10,17-18H,8,11,13-16H2,1-7H3,(H,42,45). The first-order valence-electron chi connectivity index (χ1n) is 16.8. The molecule has 7 rings (SSSR count). The van der Waals surface area contributed by atoms with Crippen molar-refractivity contribution in [3.63, 3.8) is 0 Å². The molecule has 2 aromatic heterocycles. The molecule has 3 aliphatic rings. The molecule has 2 fully saturated rings. The van der Waals surface area contributed by atoms with Crippen molar-refractivity contribution in [2.24, 2.45) is 0 Å². The predicted molar refractivity (Wildman–Crippen MR) is 192 cm³/mol. The molecule has 0 spiro atoms. The molecule has 268 valence electrons. The number of aromatic nitrogens is 2. The Morgan fingerprint density at radius 1 is 1.04 bits per heavy atom. The number of piperidine rings is 1. The van der Waals surface area contributed by atoms with Crippen molar-refractivity contribution in [3.05, 3.63) is 40.5 Å². The second-order valence-electron chi connectivity index (χ2n) is 14.8. The number of carbonyl (C=O) groups excluding carboxylic acids is 2. The molecular weight excluding hydrogens is 699 g/mol. The summed E-state index contributed by atoms with van der Waals surface area (Å²) in [7, 11) is 0. The minimum Gasteiger partial charge on any atom is -0.444 e. The SMILES string of the molecule is CCSc1nc(N2C3CC2CN(C(=O)OC(C)(C)C)C3)c2c3c(c(-c4c(F)ccc5sc(NC(=O)OC(C)(C)C)c(C#N)c45)c(F)c2n1)COC3. The first-order chi connectivity index (χ1) is 24.1. The van der Waals surface area contributed by atoms with E-state index in [1.54, 1.807) is 25.7 Å². The van der Waals surface area contributed by atoms with Crippen LogP contribution in [0, 0.1) is 23.0 Å². The van der Waals surface area contributed by atoms with Crippen molar-refractivity contribution >= 4 is 67.1 Å². The van der Waals surface area contributed by atoms with Crippen LogP contribution in [-0.4, -0.2) is 69.2 Å². The molecule has 2 amide bonds. The van der Waals surface area contributed by atoms with Crippen LogP contribution >= 0.6 is 23.1 Å². The zero-order valence-corrected chi connectivity index (χ0v) is 31.0. The van der Waals surface area contributed by atoms with Crippen LogP contribution in [0.1, 0.15) is 71.6 Å². The molecule has 2 saturated heterocycles. The summed E-state index contributed by atoms with van der Waals surface area (Å²) in [5, 5.41) is 14.2. The number of amides is 2. The summed E-state index contributed by atoms with van der Waals surface area (Å²) in [5.41, 5.74) is -0.425. The van der Waals surface area contributed by atoms with Crippen LogP contribution in [0.15, 0.2) is 17.3 Å². The fourth-order valence-electron chi connectivity index (χ4n) is 7.07. The Balaban J connectivity index is 1.38. The lowest BCUT2D eigenvalue weighted by Gasteiger charge is -2.56. The Morgan fingerprint density at radius 2 is 1.73 bits per heavy atom. The minimum atomic E-state index is -0.790. The maximum absolute atomic E-state index is 17.4. The van der Waals surface area contributed by atoms with Gasteiger partial charge in [0, 0.05) is 34.3 Å². The Bertz CT molecular complexity index is 2140. The quantitative estimate of drug-likeness (QED) is 0.158. The maximum Gasteiger partial charge on any atom is 0.412 e. The number of ether oxygens (including phenoxy) is 3. The fraction of sp³-hybridized carbons (Fsp3) is 0.472. The predicted octanol–water partition coefficient (Wildman–Crippen LogP) is 8.35. The van der Waals surface area contributed by atoms with Crippen LogP contribution in [0.2, 0.25) is 0 Å². The highest BCUT2D eigenvalue weighted by Crippen LogP contribution is 2.50. The average molecular weight is 737 g/mol. The van der Waals surface area contributed by atoms with E-state index in [1.165, 1.54) is 23.9 Å². The van der Waals surface area contributed by atoms with Crippen LogP contribution in [-0.2, 0) is 27.4 Å². The number of rotatable bonds is 5. The number of fused-ring (bicyclic) bond motifs is 6. The number of carbonyl (C=O) groups is 2. The summed E-state index contributed by atoms with van der Waals surface area (Å²) in [4.78, 5) is 39.1. The number of likely N-dealkylation sites (tertiary alicyclic amines) is 1. The molecule has 0 radical (unpaired) electrons. The van der Waals surface area contributed by atoms with E-state index in [4.69, 9.17) is 19.2 Å². The largest absolute Gasteiger partial charge is 0.444 e. The number of hydrogen-bond acceptors (Lipinski definition) is 11. The van der Waals surface area contributed by atoms with Gasteiger partial charge in [-0.2, -0.15) is 5.26 Å². The number of nitriles is 1. The van der Waals surface area contributed by atoms with Gasteiger partial charge >= 0.3 is 12.2 Å². The van der Waals surface area contributed by atoms with E-state index in [1.807, 2.05) is 27.7 Å². The van der Waals surface area contributed by atoms with Gasteiger partial charge in [0.15, 0.2) is 11.0 Å². The van der Waals surface area contributed by atoms with Crippen molar-refractivity contribution < 1.29 is 32.6 Å². The highest BCUT2D eigenvalue weighted by atomic mass is 32.2. The minimum absolute atomic E-state index is 0.00364. The summed E-state index contributed by atoms with van der Waals surface area (Å²) in [6, 6.07) is 4.71. The fourth-order valence-corrected chi connectivity index (χ4v) is 8.68. The molecule has 2 bridgehead atoms. The normalized spacial score (nSPS) is 18.4. The van der Waals surface area contributed by atoms with Crippen molar-refractivity contribution in [1.29, 1.82) is 5.26 Å². The number of nitrogens with one attached hydrogen (secondary N) is 1. The lowest BCUT2D eigenvalue weighted by molar-refractivity contribution is 0.00844. The molecule has 1 N–H and O–H groups in total. The molecule has 2 atom stereocenters. The van der Waals surface area contributed by atoms with Gasteiger partial charge in [-0.25, -0.2) is 28.3 Å². The van der Waals surface area contributed by atoms with Crippen LogP contribution in [0.3, 0.4) is 0 Å². The molecule has 0 aliphatic carbocycles. The molecule has 2 unspecified atom stereocenters. The summed E-state index contributed by atoms with van der Waals surface area (Å²) in [5.74, 6) is -0.289. The number of piperazine rings is 1. The number of thioether (sulfide) groups is 1. The Labute approximate surface area is 302 Å². The van der Waals surface area contributed by atoms with E-state index in [2.05, 4.69) is 21.3 Å². The number of hydrogen-bond donors (Lipinski definition) is 1. The monoisotopic (exact) mass is 736 g/mol. The van der Waals surface area contributed by atoms with Crippen molar-refractivity contribution in [2.45, 2.75) is 96.5 Å². The van der Waals surface area contributed by atoms with Gasteiger partial charge in [0.1, 0.15) is 39.4 Å². The summed E-state index contributed by atoms with van der Waals surface area (Å²) in [6.07, 6.45) is -0.307. The van der Waals surface area contributed by atoms with E-state index in [0.717, 1.165) is 17.8 Å². The molecule has 15 heteroatoms. The van der Waals surface area contributed by atoms with Gasteiger partial charge in [-0.15, -0.1) is 11.3 Å². The van der Waals surface area contributed by atoms with E-state index in [0.29, 0.717) is 51.0 Å². The van der Waals surface area contributed by atoms with E-state index >= 15 is 8.78 Å². The third kappa shape index (κ3) is 6.31. The van der Waals surface area contributed by atoms with Crippen LogP contribution < -0.4 is 10.2 Å². The highest BCUT2D eigenvalue weighted by Gasteiger charge is 2.49. The van der Waals surface area contributed by atoms with Crippen molar-refractivity contribution in [1.82, 2.24) is 14.9 Å². The molecular formula is C36H38F2N6O5S2. The smallest absolute Gasteiger partial charge is 0.412 e. The second kappa shape index (κ2) is 12.8. The Kier molecular flexibility index (Phi) is 8.79. The highest BCUT2D eigenvalue weighted by molar-refractivity contribution is 7.99. The summed E-state index contributed by atoms with van der Waals surface area (Å²) < 4.78 is 51.0. The molecule has 4 aromatic rings. The molecule has 2 aromatic carbocycles. The Morgan fingerprint density at radius 3 is 2.37 bits per heavy atom. The summed E-state index contributed by atoms with van der Waals surface area (Å²) in [6.45, 7) is 13.6. The number of halogens is 2. The lowest BCUT2D eigenvalue weighted by atomic mass is 9.86. The Hall–Kier alpha value is -4.26. The molecule has 5 heterocycles. The van der Waals surface area contributed by atoms with Gasteiger partial charge < -0.3 is 24.0 Å². The summed E-state index contributed by atoms with van der Waals surface area (Å²) >= 11 is 2.44. The zero-order valence-electron chi connectivity index (χ0n) is 29.4. The first kappa shape index (κ1) is 35.2. The number of nitrogens with zero attached hydrogens (tertiary/aromatic N) is 5. The van der Waals surface area contributed by atoms with Gasteiger partial charge in [-0.3, -0.25) is 5.32 Å². The molecule has 11 nitrogen and oxygen atoms in total. The van der Waals surface area contributed by atoms with Crippen molar-refractivity contribution in [3.8, 4) is 17.2 Å².